The first-order valence-electron chi connectivity index (χ1n) is 4.48. The first-order valence-corrected chi connectivity index (χ1v) is 5.68. The van der Waals surface area contributed by atoms with Gasteiger partial charge in [0.25, 0.3) is 0 Å². The zero-order valence-corrected chi connectivity index (χ0v) is 11.5. The normalized spacial score (nSPS) is 10.2. The maximum absolute atomic E-state index is 10.00. The molecule has 82 valence electrons. The molecule has 0 aliphatic carbocycles. The Hall–Kier alpha value is -0.610. The Kier molecular flexibility index (Phi) is 3.73. The van der Waals surface area contributed by atoms with Gasteiger partial charge in [-0.2, -0.15) is 0 Å². The second kappa shape index (κ2) is 4.49. The predicted molar refractivity (Wildman–Crippen MR) is 68.7 cm³/mol. The minimum absolute atomic E-state index is 0.208. The Morgan fingerprint density at radius 2 is 1.73 bits per heavy atom. The average Bonchev–Trinajstić information content (AvgIpc) is 2.23. The van der Waals surface area contributed by atoms with Gasteiger partial charge in [-0.15, -0.1) is 0 Å². The number of phenolic OH excluding ortho intramolecular Hbond substituents is 1. The van der Waals surface area contributed by atoms with Crippen molar-refractivity contribution in [1.82, 2.24) is 0 Å². The fourth-order valence-corrected chi connectivity index (χ4v) is 2.20. The van der Waals surface area contributed by atoms with Gasteiger partial charge in [0.05, 0.1) is 12.7 Å². The van der Waals surface area contributed by atoms with Crippen molar-refractivity contribution in [1.29, 1.82) is 0 Å². The van der Waals surface area contributed by atoms with Crippen LogP contribution in [0, 0.1) is 20.8 Å². The molecule has 0 aromatic heterocycles. The van der Waals surface area contributed by atoms with Crippen LogP contribution in [0.15, 0.2) is 4.47 Å². The molecule has 0 aliphatic rings. The molecular weight excluding hydrogens is 276 g/mol. The quantitative estimate of drug-likeness (QED) is 0.803. The number of benzene rings is 1. The summed E-state index contributed by atoms with van der Waals surface area (Å²) in [5.41, 5.74) is 3.35. The van der Waals surface area contributed by atoms with E-state index in [4.69, 9.17) is 17.0 Å². The molecule has 2 nitrogen and oxygen atoms in total. The van der Waals surface area contributed by atoms with Crippen molar-refractivity contribution in [3.8, 4) is 5.75 Å². The molecule has 0 spiro atoms. The molecule has 0 saturated heterocycles. The molecule has 15 heavy (non-hydrogen) atoms. The van der Waals surface area contributed by atoms with E-state index in [1.807, 2.05) is 20.8 Å². The molecule has 1 aromatic carbocycles. The van der Waals surface area contributed by atoms with Gasteiger partial charge in [0.15, 0.2) is 5.05 Å². The lowest BCUT2D eigenvalue weighted by Gasteiger charge is -2.15. The summed E-state index contributed by atoms with van der Waals surface area (Å²) in [6.07, 6.45) is 0. The van der Waals surface area contributed by atoms with Crippen LogP contribution in [0.2, 0.25) is 0 Å². The standard InChI is InChI=1S/C11H13BrO2S/c1-5-6(2)10(13)8(11(15)14-4)7(3)9(5)12/h13H,1-4H3. The number of aromatic hydroxyl groups is 1. The molecule has 0 saturated carbocycles. The van der Waals surface area contributed by atoms with Crippen molar-refractivity contribution in [2.24, 2.45) is 0 Å². The van der Waals surface area contributed by atoms with E-state index in [1.54, 1.807) is 0 Å². The Labute approximate surface area is 103 Å². The van der Waals surface area contributed by atoms with Crippen LogP contribution < -0.4 is 0 Å². The van der Waals surface area contributed by atoms with Gasteiger partial charge in [0.2, 0.25) is 0 Å². The summed E-state index contributed by atoms with van der Waals surface area (Å²) in [4.78, 5) is 0. The van der Waals surface area contributed by atoms with Gasteiger partial charge < -0.3 is 9.84 Å². The van der Waals surface area contributed by atoms with Gasteiger partial charge in [-0.05, 0) is 49.7 Å². The Balaban J connectivity index is 3.60. The third-order valence-electron chi connectivity index (χ3n) is 2.58. The summed E-state index contributed by atoms with van der Waals surface area (Å²) in [6, 6.07) is 0. The predicted octanol–water partition coefficient (Wildman–Crippen LogP) is 3.40. The monoisotopic (exact) mass is 288 g/mol. The summed E-state index contributed by atoms with van der Waals surface area (Å²) in [5.74, 6) is 0.208. The molecule has 0 atom stereocenters. The molecule has 0 fully saturated rings. The van der Waals surface area contributed by atoms with Gasteiger partial charge in [-0.1, -0.05) is 15.9 Å². The molecule has 0 amide bonds. The summed E-state index contributed by atoms with van der Waals surface area (Å²) < 4.78 is 5.96. The summed E-state index contributed by atoms with van der Waals surface area (Å²) in [5, 5.41) is 10.3. The molecule has 0 heterocycles. The lowest BCUT2D eigenvalue weighted by Crippen LogP contribution is -2.06. The number of rotatable bonds is 1. The highest BCUT2D eigenvalue weighted by molar-refractivity contribution is 9.10. The number of halogens is 1. The highest BCUT2D eigenvalue weighted by Gasteiger charge is 2.18. The van der Waals surface area contributed by atoms with E-state index in [-0.39, 0.29) is 5.75 Å². The fourth-order valence-electron chi connectivity index (χ4n) is 1.45. The number of phenols is 1. The largest absolute Gasteiger partial charge is 0.507 e. The van der Waals surface area contributed by atoms with Crippen LogP contribution in [0.3, 0.4) is 0 Å². The van der Waals surface area contributed by atoms with Crippen molar-refractivity contribution in [3.05, 3.63) is 26.7 Å². The number of hydrogen-bond acceptors (Lipinski definition) is 3. The third kappa shape index (κ3) is 2.01. The molecule has 0 radical (unpaired) electrons. The van der Waals surface area contributed by atoms with E-state index in [1.165, 1.54) is 7.11 Å². The molecule has 1 N–H and O–H groups in total. The van der Waals surface area contributed by atoms with Crippen LogP contribution in [0.1, 0.15) is 22.3 Å². The number of thiocarbonyl (C=S) groups is 1. The molecule has 0 aliphatic heterocycles. The van der Waals surface area contributed by atoms with Crippen LogP contribution in [-0.4, -0.2) is 17.3 Å². The first kappa shape index (κ1) is 12.5. The minimum atomic E-state index is 0.208. The second-order valence-electron chi connectivity index (χ2n) is 3.40. The number of hydrogen-bond donors (Lipinski definition) is 1. The molecular formula is C11H13BrO2S. The summed E-state index contributed by atoms with van der Waals surface area (Å²) in [7, 11) is 1.50. The maximum Gasteiger partial charge on any atom is 0.194 e. The molecule has 4 heteroatoms. The zero-order valence-electron chi connectivity index (χ0n) is 9.14. The van der Waals surface area contributed by atoms with Crippen molar-refractivity contribution < 1.29 is 9.84 Å². The maximum atomic E-state index is 10.00. The van der Waals surface area contributed by atoms with Gasteiger partial charge in [0, 0.05) is 4.47 Å². The third-order valence-corrected chi connectivity index (χ3v) is 4.14. The van der Waals surface area contributed by atoms with E-state index >= 15 is 0 Å². The molecule has 0 unspecified atom stereocenters. The highest BCUT2D eigenvalue weighted by atomic mass is 79.9. The van der Waals surface area contributed by atoms with E-state index in [2.05, 4.69) is 15.9 Å². The van der Waals surface area contributed by atoms with Crippen molar-refractivity contribution in [3.63, 3.8) is 0 Å². The Morgan fingerprint density at radius 1 is 1.20 bits per heavy atom. The van der Waals surface area contributed by atoms with Crippen molar-refractivity contribution >= 4 is 33.2 Å². The van der Waals surface area contributed by atoms with Gasteiger partial charge in [-0.25, -0.2) is 0 Å². The fraction of sp³-hybridized carbons (Fsp3) is 0.364. The Morgan fingerprint density at radius 3 is 2.20 bits per heavy atom. The zero-order chi connectivity index (χ0) is 11.7. The van der Waals surface area contributed by atoms with Gasteiger partial charge in [0.1, 0.15) is 5.75 Å². The average molecular weight is 289 g/mol. The minimum Gasteiger partial charge on any atom is -0.507 e. The van der Waals surface area contributed by atoms with Gasteiger partial charge in [-0.3, -0.25) is 0 Å². The van der Waals surface area contributed by atoms with Crippen molar-refractivity contribution in [2.75, 3.05) is 7.11 Å². The van der Waals surface area contributed by atoms with Crippen LogP contribution in [0.5, 0.6) is 5.75 Å². The highest BCUT2D eigenvalue weighted by Crippen LogP contribution is 2.35. The topological polar surface area (TPSA) is 29.5 Å². The number of methoxy groups -OCH3 is 1. The number of ether oxygens (including phenoxy) is 1. The van der Waals surface area contributed by atoms with E-state index in [0.717, 1.165) is 21.2 Å². The summed E-state index contributed by atoms with van der Waals surface area (Å²) >= 11 is 8.54. The second-order valence-corrected chi connectivity index (χ2v) is 4.57. The molecule has 0 bridgehead atoms. The molecule has 1 rings (SSSR count). The van der Waals surface area contributed by atoms with Crippen LogP contribution >= 0.6 is 28.1 Å². The van der Waals surface area contributed by atoms with Crippen molar-refractivity contribution in [2.45, 2.75) is 20.8 Å². The smallest absolute Gasteiger partial charge is 0.194 e. The Bertz CT molecular complexity index is 398. The van der Waals surface area contributed by atoms with E-state index < -0.39 is 0 Å². The summed E-state index contributed by atoms with van der Waals surface area (Å²) in [6.45, 7) is 5.71. The van der Waals surface area contributed by atoms with Gasteiger partial charge >= 0.3 is 0 Å². The molecule has 1 aromatic rings. The van der Waals surface area contributed by atoms with E-state index in [9.17, 15) is 5.11 Å². The SMILES string of the molecule is COC(=S)c1c(C)c(Br)c(C)c(C)c1O. The van der Waals surface area contributed by atoms with Crippen LogP contribution in [-0.2, 0) is 4.74 Å². The van der Waals surface area contributed by atoms with Crippen LogP contribution in [0.4, 0.5) is 0 Å². The van der Waals surface area contributed by atoms with E-state index in [0.29, 0.717) is 10.6 Å². The lowest BCUT2D eigenvalue weighted by atomic mass is 9.99. The first-order chi connectivity index (χ1) is 6.91. The lowest BCUT2D eigenvalue weighted by molar-refractivity contribution is 0.409. The van der Waals surface area contributed by atoms with Crippen LogP contribution in [0.25, 0.3) is 0 Å².